The Hall–Kier alpha value is -0.490. The van der Waals surface area contributed by atoms with Crippen LogP contribution in [0.3, 0.4) is 0 Å². The summed E-state index contributed by atoms with van der Waals surface area (Å²) < 4.78 is 0.534. The average molecular weight is 276 g/mol. The van der Waals surface area contributed by atoms with E-state index < -0.39 is 0 Å². The van der Waals surface area contributed by atoms with E-state index in [1.807, 2.05) is 11.8 Å². The van der Waals surface area contributed by atoms with E-state index in [0.29, 0.717) is 4.47 Å². The fraction of sp³-hybridized carbons (Fsp3) is 0.500. The molecule has 1 aromatic rings. The number of aromatic nitrogens is 2. The van der Waals surface area contributed by atoms with Gasteiger partial charge in [0.2, 0.25) is 0 Å². The highest BCUT2D eigenvalue weighted by Gasteiger charge is 2.16. The number of hydrogen-bond donors (Lipinski definition) is 1. The molecule has 0 spiro atoms. The molecule has 14 heavy (non-hydrogen) atoms. The second kappa shape index (κ2) is 4.35. The first kappa shape index (κ1) is 10.0. The second-order valence-electron chi connectivity index (χ2n) is 2.97. The third-order valence-electron chi connectivity index (χ3n) is 2.09. The zero-order chi connectivity index (χ0) is 9.97. The number of rotatable bonds is 1. The van der Waals surface area contributed by atoms with E-state index >= 15 is 0 Å². The number of halogens is 1. The van der Waals surface area contributed by atoms with Gasteiger partial charge in [-0.05, 0) is 15.9 Å². The lowest BCUT2D eigenvalue weighted by Gasteiger charge is -2.27. The molecule has 1 fully saturated rings. The predicted octanol–water partition coefficient (Wildman–Crippen LogP) is 1.09. The van der Waals surface area contributed by atoms with Crippen LogP contribution in [0.5, 0.6) is 0 Å². The van der Waals surface area contributed by atoms with Gasteiger partial charge in [-0.2, -0.15) is 11.8 Å². The molecule has 2 rings (SSSR count). The van der Waals surface area contributed by atoms with Crippen molar-refractivity contribution in [2.75, 3.05) is 29.5 Å². The van der Waals surface area contributed by atoms with Gasteiger partial charge >= 0.3 is 0 Å². The first-order valence-electron chi connectivity index (χ1n) is 4.35. The molecule has 0 aliphatic carbocycles. The maximum absolute atomic E-state index is 11.3. The van der Waals surface area contributed by atoms with E-state index in [1.54, 1.807) is 0 Å². The lowest BCUT2D eigenvalue weighted by molar-refractivity contribution is 0.828. The van der Waals surface area contributed by atoms with Crippen molar-refractivity contribution in [1.29, 1.82) is 0 Å². The fourth-order valence-corrected chi connectivity index (χ4v) is 2.74. The average Bonchev–Trinajstić information content (AvgIpc) is 2.23. The van der Waals surface area contributed by atoms with Gasteiger partial charge in [-0.15, -0.1) is 0 Å². The summed E-state index contributed by atoms with van der Waals surface area (Å²) >= 11 is 5.19. The summed E-state index contributed by atoms with van der Waals surface area (Å²) in [7, 11) is 0. The zero-order valence-electron chi connectivity index (χ0n) is 7.49. The van der Waals surface area contributed by atoms with Crippen LogP contribution in [0.2, 0.25) is 0 Å². The molecular formula is C8H10BrN3OS. The maximum Gasteiger partial charge on any atom is 0.267 e. The van der Waals surface area contributed by atoms with Gasteiger partial charge in [-0.1, -0.05) is 0 Å². The topological polar surface area (TPSA) is 49.0 Å². The third kappa shape index (κ3) is 1.95. The first-order valence-corrected chi connectivity index (χ1v) is 6.29. The van der Waals surface area contributed by atoms with Crippen molar-refractivity contribution in [3.8, 4) is 0 Å². The molecule has 0 aromatic carbocycles. The number of nitrogens with zero attached hydrogens (tertiary/aromatic N) is 2. The largest absolute Gasteiger partial charge is 0.354 e. The van der Waals surface area contributed by atoms with Crippen molar-refractivity contribution in [3.05, 3.63) is 21.2 Å². The zero-order valence-corrected chi connectivity index (χ0v) is 9.90. The Balaban J connectivity index is 2.30. The van der Waals surface area contributed by atoms with Crippen molar-refractivity contribution in [3.63, 3.8) is 0 Å². The van der Waals surface area contributed by atoms with Crippen LogP contribution < -0.4 is 10.5 Å². The summed E-state index contributed by atoms with van der Waals surface area (Å²) in [6, 6.07) is 0. The first-order chi connectivity index (χ1) is 6.79. The molecule has 1 aliphatic rings. The molecule has 6 heteroatoms. The summed E-state index contributed by atoms with van der Waals surface area (Å²) in [5.74, 6) is 2.95. The van der Waals surface area contributed by atoms with Gasteiger partial charge in [-0.3, -0.25) is 4.79 Å². The van der Waals surface area contributed by atoms with Gasteiger partial charge in [0.1, 0.15) is 10.3 Å². The molecule has 2 heterocycles. The Labute approximate surface area is 94.2 Å². The number of nitrogens with one attached hydrogen (secondary N) is 1. The van der Waals surface area contributed by atoms with Crippen LogP contribution in [-0.4, -0.2) is 34.6 Å². The molecule has 1 aromatic heterocycles. The van der Waals surface area contributed by atoms with Crippen molar-refractivity contribution in [2.45, 2.75) is 0 Å². The Kier molecular flexibility index (Phi) is 3.12. The Bertz CT molecular complexity index is 375. The molecule has 0 amide bonds. The van der Waals surface area contributed by atoms with Crippen molar-refractivity contribution in [1.82, 2.24) is 9.97 Å². The number of thioether (sulfide) groups is 1. The smallest absolute Gasteiger partial charge is 0.267 e. The molecule has 0 radical (unpaired) electrons. The van der Waals surface area contributed by atoms with E-state index in [1.165, 1.54) is 6.33 Å². The van der Waals surface area contributed by atoms with Crippen molar-refractivity contribution < 1.29 is 0 Å². The molecule has 0 unspecified atom stereocenters. The minimum atomic E-state index is -0.117. The third-order valence-corrected chi connectivity index (χ3v) is 3.75. The molecule has 0 atom stereocenters. The Morgan fingerprint density at radius 2 is 2.21 bits per heavy atom. The summed E-state index contributed by atoms with van der Waals surface area (Å²) in [6.45, 7) is 1.92. The lowest BCUT2D eigenvalue weighted by Crippen LogP contribution is -2.34. The molecular weight excluding hydrogens is 266 g/mol. The predicted molar refractivity (Wildman–Crippen MR) is 62.1 cm³/mol. The van der Waals surface area contributed by atoms with Gasteiger partial charge in [0.15, 0.2) is 0 Å². The van der Waals surface area contributed by atoms with Crippen LogP contribution in [0.15, 0.2) is 15.6 Å². The highest BCUT2D eigenvalue weighted by Crippen LogP contribution is 2.21. The molecule has 1 aliphatic heterocycles. The van der Waals surface area contributed by atoms with Crippen LogP contribution in [-0.2, 0) is 0 Å². The minimum absolute atomic E-state index is 0.117. The van der Waals surface area contributed by atoms with Gasteiger partial charge in [0.05, 0.1) is 6.33 Å². The summed E-state index contributed by atoms with van der Waals surface area (Å²) in [5.41, 5.74) is -0.117. The van der Waals surface area contributed by atoms with Crippen molar-refractivity contribution in [2.24, 2.45) is 0 Å². The quantitative estimate of drug-likeness (QED) is 0.834. The summed E-state index contributed by atoms with van der Waals surface area (Å²) in [6.07, 6.45) is 1.45. The van der Waals surface area contributed by atoms with Gasteiger partial charge in [0.25, 0.3) is 5.56 Å². The van der Waals surface area contributed by atoms with Gasteiger partial charge in [-0.25, -0.2) is 4.98 Å². The van der Waals surface area contributed by atoms with E-state index in [4.69, 9.17) is 0 Å². The van der Waals surface area contributed by atoms with E-state index in [-0.39, 0.29) is 5.56 Å². The van der Waals surface area contributed by atoms with Crippen molar-refractivity contribution >= 4 is 33.5 Å². The highest BCUT2D eigenvalue weighted by molar-refractivity contribution is 9.10. The maximum atomic E-state index is 11.3. The summed E-state index contributed by atoms with van der Waals surface area (Å²) in [4.78, 5) is 20.2. The number of aromatic amines is 1. The second-order valence-corrected chi connectivity index (χ2v) is 4.99. The fourth-order valence-electron chi connectivity index (χ4n) is 1.37. The normalized spacial score (nSPS) is 17.1. The van der Waals surface area contributed by atoms with E-state index in [2.05, 4.69) is 30.8 Å². The number of hydrogen-bond acceptors (Lipinski definition) is 4. The van der Waals surface area contributed by atoms with Gasteiger partial charge < -0.3 is 9.88 Å². The van der Waals surface area contributed by atoms with Crippen LogP contribution >= 0.6 is 27.7 Å². The molecule has 1 saturated heterocycles. The standard InChI is InChI=1S/C8H10BrN3OS/c9-6-7(10-5-11-8(6)13)12-1-3-14-4-2-12/h5H,1-4H2,(H,10,11,13). The number of anilines is 1. The monoisotopic (exact) mass is 275 g/mol. The lowest BCUT2D eigenvalue weighted by atomic mass is 10.4. The Morgan fingerprint density at radius 1 is 1.50 bits per heavy atom. The minimum Gasteiger partial charge on any atom is -0.354 e. The molecule has 0 bridgehead atoms. The van der Waals surface area contributed by atoms with E-state index in [9.17, 15) is 4.79 Å². The van der Waals surface area contributed by atoms with Crippen LogP contribution in [0.4, 0.5) is 5.82 Å². The molecule has 76 valence electrons. The number of H-pyrrole nitrogens is 1. The van der Waals surface area contributed by atoms with Crippen LogP contribution in [0.1, 0.15) is 0 Å². The van der Waals surface area contributed by atoms with Crippen LogP contribution in [0.25, 0.3) is 0 Å². The molecule has 0 saturated carbocycles. The summed E-state index contributed by atoms with van der Waals surface area (Å²) in [5, 5.41) is 0. The molecule has 4 nitrogen and oxygen atoms in total. The van der Waals surface area contributed by atoms with E-state index in [0.717, 1.165) is 30.4 Å². The highest BCUT2D eigenvalue weighted by atomic mass is 79.9. The Morgan fingerprint density at radius 3 is 2.93 bits per heavy atom. The van der Waals surface area contributed by atoms with Gasteiger partial charge in [0, 0.05) is 24.6 Å². The van der Waals surface area contributed by atoms with Crippen LogP contribution in [0, 0.1) is 0 Å². The SMILES string of the molecule is O=c1[nH]cnc(N2CCSCC2)c1Br. The molecule has 1 N–H and O–H groups in total.